The molecular weight excluding hydrogens is 536 g/mol. The fourth-order valence-electron chi connectivity index (χ4n) is 3.29. The minimum absolute atomic E-state index is 0.0524. The average Bonchev–Trinajstić information content (AvgIpc) is 3.07. The first-order chi connectivity index (χ1) is 15.9. The van der Waals surface area contributed by atoms with Crippen molar-refractivity contribution >= 4 is 40.6 Å². The number of hydrogen-bond acceptors (Lipinski definition) is 4. The van der Waals surface area contributed by atoms with Crippen LogP contribution in [0.4, 0.5) is 9.18 Å². The van der Waals surface area contributed by atoms with Gasteiger partial charge in [-0.2, -0.15) is 5.26 Å². The lowest BCUT2D eigenvalue weighted by atomic mass is 10.1. The van der Waals surface area contributed by atoms with Gasteiger partial charge in [-0.25, -0.2) is 9.18 Å². The van der Waals surface area contributed by atoms with Gasteiger partial charge < -0.3 is 10.1 Å². The number of hydrogen-bond donors (Lipinski definition) is 1. The lowest BCUT2D eigenvalue weighted by molar-refractivity contribution is -0.123. The van der Waals surface area contributed by atoms with Gasteiger partial charge in [-0.05, 0) is 70.1 Å². The third-order valence-electron chi connectivity index (χ3n) is 5.00. The van der Waals surface area contributed by atoms with Crippen LogP contribution in [0, 0.1) is 20.7 Å². The normalized spacial score (nSPS) is 14.3. The van der Waals surface area contributed by atoms with Crippen molar-refractivity contribution in [3.05, 3.63) is 104 Å². The van der Waals surface area contributed by atoms with Crippen molar-refractivity contribution in [2.45, 2.75) is 13.2 Å². The van der Waals surface area contributed by atoms with Gasteiger partial charge in [-0.3, -0.25) is 9.69 Å². The summed E-state index contributed by atoms with van der Waals surface area (Å²) in [7, 11) is 0. The summed E-state index contributed by atoms with van der Waals surface area (Å²) in [5.41, 5.74) is 2.89. The second kappa shape index (κ2) is 9.83. The highest BCUT2D eigenvalue weighted by Gasteiger charge is 2.33. The van der Waals surface area contributed by atoms with Gasteiger partial charge in [0.15, 0.2) is 0 Å². The molecule has 4 rings (SSSR count). The van der Waals surface area contributed by atoms with Crippen molar-refractivity contribution in [1.82, 2.24) is 10.2 Å². The number of halogens is 2. The largest absolute Gasteiger partial charge is 0.488 e. The summed E-state index contributed by atoms with van der Waals surface area (Å²) in [4.78, 5) is 26.1. The zero-order valence-corrected chi connectivity index (χ0v) is 19.4. The van der Waals surface area contributed by atoms with Crippen LogP contribution in [-0.2, 0) is 17.9 Å². The first kappa shape index (κ1) is 22.5. The summed E-state index contributed by atoms with van der Waals surface area (Å²) >= 11 is 2.13. The number of nitriles is 1. The van der Waals surface area contributed by atoms with Crippen LogP contribution in [0.2, 0.25) is 0 Å². The number of carbonyl (C=O) groups is 2. The molecule has 6 nitrogen and oxygen atoms in total. The molecule has 0 radical (unpaired) electrons. The van der Waals surface area contributed by atoms with Crippen LogP contribution in [0.25, 0.3) is 6.08 Å². The summed E-state index contributed by atoms with van der Waals surface area (Å²) in [5, 5.41) is 11.8. The number of nitrogens with zero attached hydrogens (tertiary/aromatic N) is 2. The van der Waals surface area contributed by atoms with E-state index in [-0.39, 0.29) is 24.7 Å². The van der Waals surface area contributed by atoms with Crippen molar-refractivity contribution in [3.63, 3.8) is 0 Å². The van der Waals surface area contributed by atoms with E-state index in [9.17, 15) is 19.2 Å². The maximum Gasteiger partial charge on any atom is 0.329 e. The summed E-state index contributed by atoms with van der Waals surface area (Å²) in [5.74, 6) is -0.189. The van der Waals surface area contributed by atoms with Crippen LogP contribution >= 0.6 is 22.6 Å². The van der Waals surface area contributed by atoms with Gasteiger partial charge in [-0.1, -0.05) is 36.4 Å². The lowest BCUT2D eigenvalue weighted by Gasteiger charge is -2.11. The third-order valence-corrected chi connectivity index (χ3v) is 5.85. The Kier molecular flexibility index (Phi) is 6.70. The van der Waals surface area contributed by atoms with Gasteiger partial charge in [-0.15, -0.1) is 0 Å². The molecule has 3 aromatic carbocycles. The first-order valence-corrected chi connectivity index (χ1v) is 11.0. The van der Waals surface area contributed by atoms with Crippen molar-refractivity contribution in [1.29, 1.82) is 5.26 Å². The quantitative estimate of drug-likeness (QED) is 0.266. The van der Waals surface area contributed by atoms with E-state index in [4.69, 9.17) is 4.74 Å². The van der Waals surface area contributed by atoms with Crippen LogP contribution in [0.15, 0.2) is 72.4 Å². The molecule has 0 bridgehead atoms. The standard InChI is InChI=1S/C25H17FIN3O3/c26-20-8-5-16(6-9-20)14-30-24(31)22(29-25(30)32)12-17-7-10-23(21(27)11-17)33-15-19-4-2-1-3-18(19)13-28/h1-12H,14-15H2,(H,29,32)/b22-12+. The molecule has 3 aromatic rings. The highest BCUT2D eigenvalue weighted by Crippen LogP contribution is 2.25. The van der Waals surface area contributed by atoms with Gasteiger partial charge in [0.1, 0.15) is 23.9 Å². The van der Waals surface area contributed by atoms with Crippen LogP contribution in [0.1, 0.15) is 22.3 Å². The van der Waals surface area contributed by atoms with Crippen LogP contribution in [0.5, 0.6) is 5.75 Å². The predicted molar refractivity (Wildman–Crippen MR) is 128 cm³/mol. The molecular formula is C25H17FIN3O3. The van der Waals surface area contributed by atoms with Crippen LogP contribution in [0.3, 0.4) is 0 Å². The van der Waals surface area contributed by atoms with Gasteiger partial charge in [0.05, 0.1) is 21.7 Å². The summed E-state index contributed by atoms with van der Waals surface area (Å²) in [6.45, 7) is 0.309. The van der Waals surface area contributed by atoms with Crippen LogP contribution < -0.4 is 10.1 Å². The molecule has 0 spiro atoms. The Balaban J connectivity index is 1.46. The van der Waals surface area contributed by atoms with Crippen molar-refractivity contribution in [3.8, 4) is 11.8 Å². The number of nitrogens with one attached hydrogen (secondary N) is 1. The van der Waals surface area contributed by atoms with E-state index in [1.165, 1.54) is 24.3 Å². The highest BCUT2D eigenvalue weighted by atomic mass is 127. The van der Waals surface area contributed by atoms with E-state index in [0.29, 0.717) is 16.9 Å². The Morgan fingerprint density at radius 2 is 1.85 bits per heavy atom. The zero-order valence-electron chi connectivity index (χ0n) is 17.2. The van der Waals surface area contributed by atoms with Crippen molar-refractivity contribution < 1.29 is 18.7 Å². The molecule has 1 heterocycles. The van der Waals surface area contributed by atoms with Crippen molar-refractivity contribution in [2.24, 2.45) is 0 Å². The molecule has 1 aliphatic heterocycles. The van der Waals surface area contributed by atoms with Gasteiger partial charge >= 0.3 is 6.03 Å². The Hall–Kier alpha value is -3.71. The molecule has 1 N–H and O–H groups in total. The minimum atomic E-state index is -0.526. The Bertz CT molecular complexity index is 1300. The average molecular weight is 553 g/mol. The van der Waals surface area contributed by atoms with E-state index < -0.39 is 11.9 Å². The number of benzene rings is 3. The van der Waals surface area contributed by atoms with Gasteiger partial charge in [0.2, 0.25) is 0 Å². The molecule has 0 saturated carbocycles. The molecule has 164 valence electrons. The van der Waals surface area contributed by atoms with Gasteiger partial charge in [0, 0.05) is 5.56 Å². The maximum atomic E-state index is 13.1. The highest BCUT2D eigenvalue weighted by molar-refractivity contribution is 14.1. The number of urea groups is 1. The number of carbonyl (C=O) groups excluding carboxylic acids is 2. The first-order valence-electron chi connectivity index (χ1n) is 9.94. The second-order valence-corrected chi connectivity index (χ2v) is 8.42. The van der Waals surface area contributed by atoms with E-state index in [1.807, 2.05) is 18.2 Å². The second-order valence-electron chi connectivity index (χ2n) is 7.25. The number of rotatable bonds is 6. The Labute approximate surface area is 203 Å². The predicted octanol–water partition coefficient (Wildman–Crippen LogP) is 4.97. The molecule has 0 aliphatic carbocycles. The molecule has 1 saturated heterocycles. The smallest absolute Gasteiger partial charge is 0.329 e. The minimum Gasteiger partial charge on any atom is -0.488 e. The molecule has 1 aliphatic rings. The maximum absolute atomic E-state index is 13.1. The van der Waals surface area contributed by atoms with Crippen molar-refractivity contribution in [2.75, 3.05) is 0 Å². The molecule has 0 unspecified atom stereocenters. The molecule has 3 amide bonds. The molecule has 8 heteroatoms. The Morgan fingerprint density at radius 1 is 1.09 bits per heavy atom. The molecule has 1 fully saturated rings. The summed E-state index contributed by atoms with van der Waals surface area (Å²) in [6.07, 6.45) is 1.60. The molecule has 33 heavy (non-hydrogen) atoms. The SMILES string of the molecule is N#Cc1ccccc1COc1ccc(/C=C2/NC(=O)N(Cc3ccc(F)cc3)C2=O)cc1I. The fraction of sp³-hybridized carbons (Fsp3) is 0.0800. The zero-order chi connectivity index (χ0) is 23.4. The monoisotopic (exact) mass is 553 g/mol. The van der Waals surface area contributed by atoms with E-state index in [1.54, 1.807) is 30.3 Å². The molecule has 0 atom stereocenters. The summed E-state index contributed by atoms with van der Waals surface area (Å²) < 4.78 is 19.8. The van der Waals surface area contributed by atoms with E-state index in [2.05, 4.69) is 34.0 Å². The fourth-order valence-corrected chi connectivity index (χ4v) is 3.98. The van der Waals surface area contributed by atoms with Crippen LogP contribution in [-0.4, -0.2) is 16.8 Å². The molecule has 0 aromatic heterocycles. The lowest BCUT2D eigenvalue weighted by Crippen LogP contribution is -2.30. The number of imide groups is 1. The topological polar surface area (TPSA) is 82.4 Å². The number of amides is 3. The Morgan fingerprint density at radius 3 is 2.58 bits per heavy atom. The van der Waals surface area contributed by atoms with E-state index >= 15 is 0 Å². The summed E-state index contributed by atoms with van der Waals surface area (Å²) in [6, 6.07) is 19.9. The third kappa shape index (κ3) is 5.21. The van der Waals surface area contributed by atoms with E-state index in [0.717, 1.165) is 19.6 Å². The van der Waals surface area contributed by atoms with Gasteiger partial charge in [0.25, 0.3) is 5.91 Å². The number of ether oxygens (including phenoxy) is 1.